The summed E-state index contributed by atoms with van der Waals surface area (Å²) in [6.07, 6.45) is 2.68. The number of hydrogen-bond donors (Lipinski definition) is 1. The quantitative estimate of drug-likeness (QED) is 0.758. The Bertz CT molecular complexity index is 566. The van der Waals surface area contributed by atoms with E-state index in [9.17, 15) is 8.78 Å². The van der Waals surface area contributed by atoms with Crippen LogP contribution in [-0.2, 0) is 6.42 Å². The molecule has 0 saturated heterocycles. The number of benzene rings is 1. The van der Waals surface area contributed by atoms with E-state index in [1.807, 2.05) is 5.38 Å². The fraction of sp³-hybridized carbons (Fsp3) is 0.412. The van der Waals surface area contributed by atoms with Crippen LogP contribution in [0.5, 0.6) is 0 Å². The molecule has 0 aliphatic heterocycles. The van der Waals surface area contributed by atoms with Crippen LogP contribution in [0.4, 0.5) is 8.78 Å². The zero-order valence-corrected chi connectivity index (χ0v) is 13.3. The second-order valence-electron chi connectivity index (χ2n) is 5.30. The molecule has 0 aliphatic rings. The van der Waals surface area contributed by atoms with Crippen molar-refractivity contribution in [2.75, 3.05) is 6.54 Å². The Morgan fingerprint density at radius 3 is 2.71 bits per heavy atom. The third-order valence-corrected chi connectivity index (χ3v) is 4.33. The summed E-state index contributed by atoms with van der Waals surface area (Å²) >= 11 is 1.67. The van der Waals surface area contributed by atoms with Crippen LogP contribution in [0.15, 0.2) is 29.0 Å². The summed E-state index contributed by atoms with van der Waals surface area (Å²) < 4.78 is 27.5. The first-order chi connectivity index (χ1) is 10.1. The molecular weight excluding hydrogens is 288 g/mol. The molecule has 21 heavy (non-hydrogen) atoms. The van der Waals surface area contributed by atoms with Crippen molar-refractivity contribution in [3.8, 4) is 0 Å². The lowest BCUT2D eigenvalue weighted by Crippen LogP contribution is -2.24. The molecule has 1 heterocycles. The van der Waals surface area contributed by atoms with Crippen LogP contribution in [0, 0.1) is 18.6 Å². The predicted molar refractivity (Wildman–Crippen MR) is 84.8 cm³/mol. The van der Waals surface area contributed by atoms with Gasteiger partial charge in [0.25, 0.3) is 0 Å². The second-order valence-corrected chi connectivity index (χ2v) is 6.08. The number of rotatable bonds is 7. The fourth-order valence-electron chi connectivity index (χ4n) is 2.38. The Kier molecular flexibility index (Phi) is 5.88. The lowest BCUT2D eigenvalue weighted by atomic mass is 9.97. The summed E-state index contributed by atoms with van der Waals surface area (Å²) in [5.74, 6) is -0.944. The molecule has 1 atom stereocenters. The number of thiophene rings is 1. The molecule has 114 valence electrons. The molecule has 0 amide bonds. The minimum absolute atomic E-state index is 0.0795. The Hall–Kier alpha value is -1.26. The Morgan fingerprint density at radius 1 is 1.24 bits per heavy atom. The van der Waals surface area contributed by atoms with E-state index in [2.05, 4.69) is 23.7 Å². The minimum atomic E-state index is -0.483. The lowest BCUT2D eigenvalue weighted by molar-refractivity contribution is 0.468. The van der Waals surface area contributed by atoms with Crippen molar-refractivity contribution in [1.82, 2.24) is 5.32 Å². The molecule has 1 aromatic heterocycles. The minimum Gasteiger partial charge on any atom is -0.310 e. The van der Waals surface area contributed by atoms with Crippen molar-refractivity contribution in [2.45, 2.75) is 39.2 Å². The first-order valence-corrected chi connectivity index (χ1v) is 8.26. The zero-order valence-electron chi connectivity index (χ0n) is 12.5. The highest BCUT2D eigenvalue weighted by Crippen LogP contribution is 2.25. The van der Waals surface area contributed by atoms with E-state index < -0.39 is 11.6 Å². The molecule has 0 aliphatic carbocycles. The van der Waals surface area contributed by atoms with Crippen LogP contribution >= 0.6 is 11.3 Å². The van der Waals surface area contributed by atoms with E-state index >= 15 is 0 Å². The first-order valence-electron chi connectivity index (χ1n) is 7.31. The summed E-state index contributed by atoms with van der Waals surface area (Å²) in [6, 6.07) is 4.64. The Labute approximate surface area is 129 Å². The van der Waals surface area contributed by atoms with Crippen LogP contribution in [0.2, 0.25) is 0 Å². The SMILES string of the molecule is CCCNC(CCc1ccsc1)c1cc(C)c(F)cc1F. The lowest BCUT2D eigenvalue weighted by Gasteiger charge is -2.20. The molecular formula is C17H21F2NS. The Balaban J connectivity index is 2.16. The van der Waals surface area contributed by atoms with Crippen LogP contribution in [0.25, 0.3) is 0 Å². The average Bonchev–Trinajstić information content (AvgIpc) is 2.97. The third-order valence-electron chi connectivity index (χ3n) is 3.60. The Morgan fingerprint density at radius 2 is 2.05 bits per heavy atom. The summed E-state index contributed by atoms with van der Waals surface area (Å²) in [6.45, 7) is 4.58. The monoisotopic (exact) mass is 309 g/mol. The zero-order chi connectivity index (χ0) is 15.2. The predicted octanol–water partition coefficient (Wildman–Crippen LogP) is 5.01. The smallest absolute Gasteiger partial charge is 0.130 e. The van der Waals surface area contributed by atoms with E-state index in [4.69, 9.17) is 0 Å². The molecule has 1 nitrogen and oxygen atoms in total. The summed E-state index contributed by atoms with van der Waals surface area (Å²) in [7, 11) is 0. The molecule has 1 unspecified atom stereocenters. The van der Waals surface area contributed by atoms with Crippen LogP contribution in [0.1, 0.15) is 42.5 Å². The fourth-order valence-corrected chi connectivity index (χ4v) is 3.08. The van der Waals surface area contributed by atoms with Gasteiger partial charge >= 0.3 is 0 Å². The molecule has 4 heteroatoms. The van der Waals surface area contributed by atoms with Gasteiger partial charge in [-0.05, 0) is 66.8 Å². The highest BCUT2D eigenvalue weighted by Gasteiger charge is 2.17. The van der Waals surface area contributed by atoms with E-state index in [0.717, 1.165) is 31.9 Å². The van der Waals surface area contributed by atoms with E-state index in [1.165, 1.54) is 5.56 Å². The van der Waals surface area contributed by atoms with E-state index in [1.54, 1.807) is 24.3 Å². The number of aryl methyl sites for hydroxylation is 2. The van der Waals surface area contributed by atoms with E-state index in [0.29, 0.717) is 11.1 Å². The van der Waals surface area contributed by atoms with Crippen molar-refractivity contribution in [3.63, 3.8) is 0 Å². The van der Waals surface area contributed by atoms with Gasteiger partial charge in [-0.15, -0.1) is 0 Å². The van der Waals surface area contributed by atoms with Gasteiger partial charge in [-0.1, -0.05) is 6.92 Å². The molecule has 0 bridgehead atoms. The van der Waals surface area contributed by atoms with Gasteiger partial charge in [0.15, 0.2) is 0 Å². The van der Waals surface area contributed by atoms with Gasteiger partial charge in [0.2, 0.25) is 0 Å². The maximum atomic E-state index is 14.1. The molecule has 2 rings (SSSR count). The van der Waals surface area contributed by atoms with Gasteiger partial charge in [0, 0.05) is 17.7 Å². The van der Waals surface area contributed by atoms with Crippen molar-refractivity contribution in [1.29, 1.82) is 0 Å². The third kappa shape index (κ3) is 4.35. The van der Waals surface area contributed by atoms with Gasteiger partial charge in [-0.3, -0.25) is 0 Å². The van der Waals surface area contributed by atoms with E-state index in [-0.39, 0.29) is 6.04 Å². The van der Waals surface area contributed by atoms with Crippen molar-refractivity contribution < 1.29 is 8.78 Å². The average molecular weight is 309 g/mol. The maximum absolute atomic E-state index is 14.1. The summed E-state index contributed by atoms with van der Waals surface area (Å²) in [5, 5.41) is 7.54. The normalized spacial score (nSPS) is 12.6. The first kappa shape index (κ1) is 16.1. The topological polar surface area (TPSA) is 12.0 Å². The molecule has 0 saturated carbocycles. The maximum Gasteiger partial charge on any atom is 0.130 e. The molecule has 0 fully saturated rings. The van der Waals surface area contributed by atoms with Crippen molar-refractivity contribution in [2.24, 2.45) is 0 Å². The molecule has 1 aromatic carbocycles. The van der Waals surface area contributed by atoms with Gasteiger partial charge < -0.3 is 5.32 Å². The standard InChI is InChI=1S/C17H21F2NS/c1-3-7-20-17(5-4-13-6-8-21-11-13)14-9-12(2)15(18)10-16(14)19/h6,8-11,17,20H,3-5,7H2,1-2H3. The number of halogens is 2. The molecule has 2 aromatic rings. The van der Waals surface area contributed by atoms with Gasteiger partial charge in [-0.2, -0.15) is 11.3 Å². The van der Waals surface area contributed by atoms with Crippen LogP contribution in [0.3, 0.4) is 0 Å². The molecule has 0 radical (unpaired) electrons. The summed E-state index contributed by atoms with van der Waals surface area (Å²) in [5.41, 5.74) is 2.32. The number of nitrogens with one attached hydrogen (secondary N) is 1. The van der Waals surface area contributed by atoms with Crippen LogP contribution < -0.4 is 5.32 Å². The van der Waals surface area contributed by atoms with Gasteiger partial charge in [0.05, 0.1) is 0 Å². The largest absolute Gasteiger partial charge is 0.310 e. The van der Waals surface area contributed by atoms with Crippen molar-refractivity contribution >= 4 is 11.3 Å². The van der Waals surface area contributed by atoms with Gasteiger partial charge in [0.1, 0.15) is 11.6 Å². The van der Waals surface area contributed by atoms with Crippen LogP contribution in [-0.4, -0.2) is 6.54 Å². The highest BCUT2D eigenvalue weighted by molar-refractivity contribution is 7.07. The van der Waals surface area contributed by atoms with Crippen molar-refractivity contribution in [3.05, 3.63) is 57.3 Å². The summed E-state index contributed by atoms with van der Waals surface area (Å²) in [4.78, 5) is 0. The molecule has 0 spiro atoms. The highest BCUT2D eigenvalue weighted by atomic mass is 32.1. The number of hydrogen-bond acceptors (Lipinski definition) is 2. The van der Waals surface area contributed by atoms with Gasteiger partial charge in [-0.25, -0.2) is 8.78 Å². The second kappa shape index (κ2) is 7.66. The molecule has 1 N–H and O–H groups in total.